The van der Waals surface area contributed by atoms with Crippen molar-refractivity contribution >= 4 is 17.3 Å². The predicted octanol–water partition coefficient (Wildman–Crippen LogP) is 1.87. The molecule has 0 unspecified atom stereocenters. The number of anilines is 2. The van der Waals surface area contributed by atoms with E-state index in [1.807, 2.05) is 31.0 Å². The number of nitrogen functional groups attached to an aromatic ring is 1. The van der Waals surface area contributed by atoms with Gasteiger partial charge in [0.25, 0.3) is 0 Å². The average molecular weight is 291 g/mol. The van der Waals surface area contributed by atoms with Crippen molar-refractivity contribution in [3.8, 4) is 0 Å². The fourth-order valence-electron chi connectivity index (χ4n) is 2.04. The Balaban J connectivity index is 1.68. The van der Waals surface area contributed by atoms with Crippen molar-refractivity contribution in [3.63, 3.8) is 0 Å². The first-order chi connectivity index (χ1) is 10.0. The van der Waals surface area contributed by atoms with Gasteiger partial charge in [0.1, 0.15) is 0 Å². The smallest absolute Gasteiger partial charge is 0.238 e. The molecule has 5 heteroatoms. The number of hydrogen-bond donors (Lipinski definition) is 2. The molecule has 116 valence electrons. The molecule has 0 aliphatic heterocycles. The highest BCUT2D eigenvalue weighted by atomic mass is 16.5. The minimum atomic E-state index is -0.0339. The van der Waals surface area contributed by atoms with Crippen molar-refractivity contribution in [1.29, 1.82) is 0 Å². The van der Waals surface area contributed by atoms with Crippen LogP contribution >= 0.6 is 0 Å². The Morgan fingerprint density at radius 2 is 2.24 bits per heavy atom. The van der Waals surface area contributed by atoms with Gasteiger partial charge in [0.05, 0.1) is 13.2 Å². The standard InChI is InChI=1S/C16H25N3O2/c1-12-3-6-14(17)9-15(12)18-16(20)10-19(2)7-8-21-11-13-4-5-13/h3,6,9,13H,4-5,7-8,10-11,17H2,1-2H3,(H,18,20). The lowest BCUT2D eigenvalue weighted by atomic mass is 10.2. The molecule has 0 radical (unpaired) electrons. The number of hydrogen-bond acceptors (Lipinski definition) is 4. The maximum atomic E-state index is 12.0. The van der Waals surface area contributed by atoms with E-state index >= 15 is 0 Å². The highest BCUT2D eigenvalue weighted by molar-refractivity contribution is 5.93. The van der Waals surface area contributed by atoms with Crippen molar-refractivity contribution in [1.82, 2.24) is 4.90 Å². The van der Waals surface area contributed by atoms with E-state index in [0.29, 0.717) is 18.8 Å². The Bertz CT molecular complexity index is 486. The van der Waals surface area contributed by atoms with Crippen molar-refractivity contribution in [2.75, 3.05) is 44.4 Å². The van der Waals surface area contributed by atoms with Crippen LogP contribution in [0.15, 0.2) is 18.2 Å². The van der Waals surface area contributed by atoms with Crippen LogP contribution in [0.4, 0.5) is 11.4 Å². The molecule has 1 aromatic carbocycles. The Hall–Kier alpha value is -1.59. The molecule has 0 atom stereocenters. The lowest BCUT2D eigenvalue weighted by Gasteiger charge is -2.17. The predicted molar refractivity (Wildman–Crippen MR) is 85.3 cm³/mol. The quantitative estimate of drug-likeness (QED) is 0.567. The van der Waals surface area contributed by atoms with Crippen LogP contribution in [0.2, 0.25) is 0 Å². The van der Waals surface area contributed by atoms with E-state index in [0.717, 1.165) is 30.3 Å². The summed E-state index contributed by atoms with van der Waals surface area (Å²) in [5, 5.41) is 2.90. The van der Waals surface area contributed by atoms with Crippen LogP contribution < -0.4 is 11.1 Å². The third-order valence-corrected chi connectivity index (χ3v) is 3.62. The van der Waals surface area contributed by atoms with Crippen molar-refractivity contribution < 1.29 is 9.53 Å². The van der Waals surface area contributed by atoms with Crippen LogP contribution in [0.1, 0.15) is 18.4 Å². The molecule has 1 aliphatic carbocycles. The van der Waals surface area contributed by atoms with Gasteiger partial charge in [-0.15, -0.1) is 0 Å². The van der Waals surface area contributed by atoms with E-state index in [1.165, 1.54) is 12.8 Å². The summed E-state index contributed by atoms with van der Waals surface area (Å²) >= 11 is 0. The SMILES string of the molecule is Cc1ccc(N)cc1NC(=O)CN(C)CCOCC1CC1. The van der Waals surface area contributed by atoms with Crippen molar-refractivity contribution in [3.05, 3.63) is 23.8 Å². The largest absolute Gasteiger partial charge is 0.399 e. The monoisotopic (exact) mass is 291 g/mol. The molecule has 1 amide bonds. The number of rotatable bonds is 8. The normalized spacial score (nSPS) is 14.4. The number of likely N-dealkylation sites (N-methyl/N-ethyl adjacent to an activating group) is 1. The Morgan fingerprint density at radius 1 is 1.48 bits per heavy atom. The molecular formula is C16H25N3O2. The summed E-state index contributed by atoms with van der Waals surface area (Å²) in [7, 11) is 1.92. The minimum absolute atomic E-state index is 0.0339. The summed E-state index contributed by atoms with van der Waals surface area (Å²) in [5.41, 5.74) is 8.17. The number of benzene rings is 1. The van der Waals surface area contributed by atoms with E-state index < -0.39 is 0 Å². The van der Waals surface area contributed by atoms with Gasteiger partial charge in [-0.25, -0.2) is 0 Å². The first-order valence-corrected chi connectivity index (χ1v) is 7.47. The van der Waals surface area contributed by atoms with Crippen LogP contribution in [-0.2, 0) is 9.53 Å². The average Bonchev–Trinajstić information content (AvgIpc) is 3.23. The lowest BCUT2D eigenvalue weighted by Crippen LogP contribution is -2.32. The van der Waals surface area contributed by atoms with E-state index in [1.54, 1.807) is 6.07 Å². The van der Waals surface area contributed by atoms with Gasteiger partial charge in [-0.2, -0.15) is 0 Å². The highest BCUT2D eigenvalue weighted by Crippen LogP contribution is 2.28. The lowest BCUT2D eigenvalue weighted by molar-refractivity contribution is -0.117. The molecule has 5 nitrogen and oxygen atoms in total. The van der Waals surface area contributed by atoms with E-state index in [9.17, 15) is 4.79 Å². The van der Waals surface area contributed by atoms with E-state index in [4.69, 9.17) is 10.5 Å². The molecule has 2 rings (SSSR count). The molecule has 1 fully saturated rings. The zero-order valence-electron chi connectivity index (χ0n) is 12.9. The molecule has 21 heavy (non-hydrogen) atoms. The second kappa shape index (κ2) is 7.43. The number of carbonyl (C=O) groups excluding carboxylic acids is 1. The van der Waals surface area contributed by atoms with Crippen molar-refractivity contribution in [2.24, 2.45) is 5.92 Å². The fraction of sp³-hybridized carbons (Fsp3) is 0.562. The third-order valence-electron chi connectivity index (χ3n) is 3.62. The number of carbonyl (C=O) groups is 1. The molecule has 3 N–H and O–H groups in total. The summed E-state index contributed by atoms with van der Waals surface area (Å²) in [5.74, 6) is 0.749. The van der Waals surface area contributed by atoms with Crippen LogP contribution in [0.25, 0.3) is 0 Å². The van der Waals surface area contributed by atoms with Gasteiger partial charge in [0.15, 0.2) is 0 Å². The molecule has 0 bridgehead atoms. The molecular weight excluding hydrogens is 266 g/mol. The van der Waals surface area contributed by atoms with E-state index in [-0.39, 0.29) is 5.91 Å². The Kier molecular flexibility index (Phi) is 5.59. The summed E-state index contributed by atoms with van der Waals surface area (Å²) in [6.45, 7) is 4.60. The summed E-state index contributed by atoms with van der Waals surface area (Å²) in [4.78, 5) is 14.0. The van der Waals surface area contributed by atoms with Crippen LogP contribution in [0.5, 0.6) is 0 Å². The summed E-state index contributed by atoms with van der Waals surface area (Å²) in [6, 6.07) is 5.51. The minimum Gasteiger partial charge on any atom is -0.399 e. The van der Waals surface area contributed by atoms with Crippen LogP contribution in [-0.4, -0.2) is 44.2 Å². The van der Waals surface area contributed by atoms with Gasteiger partial charge in [-0.1, -0.05) is 6.07 Å². The van der Waals surface area contributed by atoms with Gasteiger partial charge in [0, 0.05) is 24.5 Å². The van der Waals surface area contributed by atoms with Gasteiger partial charge >= 0.3 is 0 Å². The molecule has 1 aromatic rings. The number of amides is 1. The topological polar surface area (TPSA) is 67.6 Å². The van der Waals surface area contributed by atoms with Crippen LogP contribution in [0, 0.1) is 12.8 Å². The first kappa shape index (κ1) is 15.8. The Morgan fingerprint density at radius 3 is 2.95 bits per heavy atom. The zero-order chi connectivity index (χ0) is 15.2. The first-order valence-electron chi connectivity index (χ1n) is 7.47. The molecule has 0 saturated heterocycles. The number of nitrogens with zero attached hydrogens (tertiary/aromatic N) is 1. The maximum absolute atomic E-state index is 12.0. The molecule has 0 heterocycles. The molecule has 0 aromatic heterocycles. The number of nitrogens with two attached hydrogens (primary N) is 1. The second-order valence-electron chi connectivity index (χ2n) is 5.88. The molecule has 1 saturated carbocycles. The number of aryl methyl sites for hydroxylation is 1. The summed E-state index contributed by atoms with van der Waals surface area (Å²) in [6.07, 6.45) is 2.61. The summed E-state index contributed by atoms with van der Waals surface area (Å²) < 4.78 is 5.57. The Labute approximate surface area is 126 Å². The maximum Gasteiger partial charge on any atom is 0.238 e. The highest BCUT2D eigenvalue weighted by Gasteiger charge is 2.21. The van der Waals surface area contributed by atoms with Crippen molar-refractivity contribution in [2.45, 2.75) is 19.8 Å². The van der Waals surface area contributed by atoms with Gasteiger partial charge in [-0.05, 0) is 50.4 Å². The number of nitrogens with one attached hydrogen (secondary N) is 1. The molecule has 1 aliphatic rings. The van der Waals surface area contributed by atoms with Gasteiger partial charge < -0.3 is 15.8 Å². The van der Waals surface area contributed by atoms with Gasteiger partial charge in [0.2, 0.25) is 5.91 Å². The molecule has 0 spiro atoms. The second-order valence-corrected chi connectivity index (χ2v) is 5.88. The third kappa shape index (κ3) is 5.73. The van der Waals surface area contributed by atoms with Crippen LogP contribution in [0.3, 0.4) is 0 Å². The van der Waals surface area contributed by atoms with E-state index in [2.05, 4.69) is 5.32 Å². The fourth-order valence-corrected chi connectivity index (χ4v) is 2.04. The number of ether oxygens (including phenoxy) is 1. The zero-order valence-corrected chi connectivity index (χ0v) is 12.9. The van der Waals surface area contributed by atoms with Gasteiger partial charge in [-0.3, -0.25) is 9.69 Å².